The molecule has 0 radical (unpaired) electrons. The lowest BCUT2D eigenvalue weighted by molar-refractivity contribution is -0.298. The zero-order valence-corrected chi connectivity index (χ0v) is 29.6. The summed E-state index contributed by atoms with van der Waals surface area (Å²) in [4.78, 5) is 29.5. The van der Waals surface area contributed by atoms with Gasteiger partial charge in [-0.15, -0.1) is 0 Å². The summed E-state index contributed by atoms with van der Waals surface area (Å²) in [6, 6.07) is -0.232. The molecule has 4 aliphatic heterocycles. The van der Waals surface area contributed by atoms with Crippen LogP contribution in [0.5, 0.6) is 0 Å². The van der Waals surface area contributed by atoms with E-state index in [0.29, 0.717) is 6.42 Å². The van der Waals surface area contributed by atoms with Gasteiger partial charge in [0, 0.05) is 30.2 Å². The van der Waals surface area contributed by atoms with Crippen molar-refractivity contribution in [2.24, 2.45) is 29.6 Å². The summed E-state index contributed by atoms with van der Waals surface area (Å²) in [5.41, 5.74) is -1.11. The third kappa shape index (κ3) is 8.38. The van der Waals surface area contributed by atoms with Gasteiger partial charge in [-0.25, -0.2) is 0 Å². The third-order valence-corrected chi connectivity index (χ3v) is 11.1. The van der Waals surface area contributed by atoms with Crippen LogP contribution in [0.2, 0.25) is 0 Å². The zero-order valence-electron chi connectivity index (χ0n) is 29.6. The van der Waals surface area contributed by atoms with Crippen molar-refractivity contribution < 1.29 is 58.4 Å². The number of aliphatic hydroxyl groups excluding tert-OH is 4. The first-order valence-corrected chi connectivity index (χ1v) is 17.3. The van der Waals surface area contributed by atoms with Gasteiger partial charge in [0.2, 0.25) is 0 Å². The lowest BCUT2D eigenvalue weighted by Crippen LogP contribution is -2.57. The Balaban J connectivity index is 1.74. The van der Waals surface area contributed by atoms with E-state index in [2.05, 4.69) is 0 Å². The number of nitrogens with zero attached hydrogens (tertiary/aromatic N) is 1. The fraction of sp³-hybridized carbons (Fsp3) is 0.941. The Labute approximate surface area is 279 Å². The van der Waals surface area contributed by atoms with Crippen LogP contribution in [-0.4, -0.2) is 137 Å². The van der Waals surface area contributed by atoms with E-state index in [9.17, 15) is 30.0 Å². The molecule has 0 aromatic heterocycles. The van der Waals surface area contributed by atoms with Gasteiger partial charge >= 0.3 is 5.97 Å². The maximum Gasteiger partial charge on any atom is 0.311 e. The number of carbonyl (C=O) groups excluding carboxylic acids is 2. The molecule has 47 heavy (non-hydrogen) atoms. The third-order valence-electron chi connectivity index (χ3n) is 11.1. The van der Waals surface area contributed by atoms with Crippen molar-refractivity contribution in [3.8, 4) is 0 Å². The summed E-state index contributed by atoms with van der Waals surface area (Å²) in [7, 11) is 3.78. The fourth-order valence-corrected chi connectivity index (χ4v) is 7.68. The predicted octanol–water partition coefficient (Wildman–Crippen LogP) is 1.25. The molecule has 4 heterocycles. The molecule has 0 saturated carbocycles. The first-order chi connectivity index (χ1) is 21.9. The highest BCUT2D eigenvalue weighted by Gasteiger charge is 2.57. The van der Waals surface area contributed by atoms with Gasteiger partial charge in [-0.1, -0.05) is 27.7 Å². The van der Waals surface area contributed by atoms with E-state index in [1.165, 1.54) is 0 Å². The minimum Gasteiger partial charge on any atom is -0.462 e. The molecule has 4 rings (SSSR count). The van der Waals surface area contributed by atoms with Gasteiger partial charge in [0.25, 0.3) is 0 Å². The second kappa shape index (κ2) is 15.3. The molecule has 4 N–H and O–H groups in total. The molecule has 0 amide bonds. The van der Waals surface area contributed by atoms with E-state index >= 15 is 0 Å². The fourth-order valence-electron chi connectivity index (χ4n) is 7.68. The summed E-state index contributed by atoms with van der Waals surface area (Å²) >= 11 is 0. The van der Waals surface area contributed by atoms with Crippen LogP contribution in [0.4, 0.5) is 0 Å². The van der Waals surface area contributed by atoms with Crippen LogP contribution < -0.4 is 0 Å². The molecule has 1 unspecified atom stereocenters. The highest BCUT2D eigenvalue weighted by atomic mass is 16.7. The Bertz CT molecular complexity index is 1060. The number of rotatable bonds is 5. The van der Waals surface area contributed by atoms with Crippen molar-refractivity contribution in [2.45, 2.75) is 154 Å². The van der Waals surface area contributed by atoms with E-state index in [-0.39, 0.29) is 43.3 Å². The standard InChI is InChI=1S/C34H59NO12/c1-15-13-34(14-42-34)31(40)18(4)26(37)17(3)21(7)45-32(41)20(6)30(46-25-12-24(36)27(38)22(8)44-25)19(5)29(15)47-33-28(39)23(35(9)10)11-16(2)43-33/h15-30,33,36-39H,11-14H2,1-10H3/t15-,16+,17-,18+,19+,20+,21+,22-,23-,24-,25-,26-,27-,28+,29?,30-,33-,34+/m0/s1. The Morgan fingerprint density at radius 2 is 1.40 bits per heavy atom. The number of hydrogen-bond donors (Lipinski definition) is 4. The Morgan fingerprint density at radius 3 is 1.98 bits per heavy atom. The van der Waals surface area contributed by atoms with Gasteiger partial charge in [-0.05, 0) is 60.5 Å². The van der Waals surface area contributed by atoms with E-state index in [1.54, 1.807) is 34.6 Å². The number of carbonyl (C=O) groups is 2. The number of likely N-dealkylation sites (N-methyl/N-ethyl adjacent to an activating group) is 1. The number of cyclic esters (lactones) is 1. The van der Waals surface area contributed by atoms with Gasteiger partial charge in [-0.3, -0.25) is 9.59 Å². The second-order valence-corrected chi connectivity index (χ2v) is 15.1. The largest absolute Gasteiger partial charge is 0.462 e. The van der Waals surface area contributed by atoms with Gasteiger partial charge in [0.15, 0.2) is 24.0 Å². The molecule has 18 atom stereocenters. The smallest absolute Gasteiger partial charge is 0.311 e. The highest BCUT2D eigenvalue weighted by Crippen LogP contribution is 2.43. The number of Topliss-reactive ketones (excluding diaryl/α,β-unsaturated/α-hetero) is 1. The van der Waals surface area contributed by atoms with E-state index in [1.807, 2.05) is 39.8 Å². The molecular formula is C34H59NO12. The van der Waals surface area contributed by atoms with Crippen LogP contribution in [-0.2, 0) is 38.0 Å². The molecule has 0 aromatic carbocycles. The summed E-state index contributed by atoms with van der Waals surface area (Å²) in [6.45, 7) is 14.4. The first-order valence-electron chi connectivity index (χ1n) is 17.3. The van der Waals surface area contributed by atoms with Crippen molar-refractivity contribution >= 4 is 11.8 Å². The lowest BCUT2D eigenvalue weighted by atomic mass is 9.76. The number of ketones is 1. The van der Waals surface area contributed by atoms with Crippen LogP contribution in [0.25, 0.3) is 0 Å². The van der Waals surface area contributed by atoms with Gasteiger partial charge in [0.1, 0.15) is 18.3 Å². The molecule has 0 bridgehead atoms. The summed E-state index contributed by atoms with van der Waals surface area (Å²) < 4.78 is 37.0. The molecule has 0 aromatic rings. The van der Waals surface area contributed by atoms with Crippen molar-refractivity contribution in [2.75, 3.05) is 20.7 Å². The van der Waals surface area contributed by atoms with Crippen LogP contribution in [0.15, 0.2) is 0 Å². The summed E-state index contributed by atoms with van der Waals surface area (Å²) in [5.74, 6) is -3.92. The van der Waals surface area contributed by atoms with Crippen LogP contribution >= 0.6 is 0 Å². The van der Waals surface area contributed by atoms with Crippen molar-refractivity contribution in [1.82, 2.24) is 4.90 Å². The SMILES string of the molecule is C[C@@H]1[C@H](O)[C@@H](C)C(=O)[C@]2(CO2)C[C@H](C)C(O[C@@H]2O[C@H](C)C[C@H](N(C)C)[C@H]2O)[C@@H](C)[C@H](O[C@H]2C[C@H](O)[C@@H](O)[C@H](C)O2)[C@@H](C)C(=O)O[C@@H]1C. The summed E-state index contributed by atoms with van der Waals surface area (Å²) in [5, 5.41) is 43.4. The molecule has 4 aliphatic rings. The van der Waals surface area contributed by atoms with Crippen molar-refractivity contribution in [1.29, 1.82) is 0 Å². The zero-order chi connectivity index (χ0) is 35.1. The van der Waals surface area contributed by atoms with E-state index < -0.39 is 96.7 Å². The Morgan fingerprint density at radius 1 is 0.766 bits per heavy atom. The molecule has 4 saturated heterocycles. The Kier molecular flexibility index (Phi) is 12.6. The molecule has 13 nitrogen and oxygen atoms in total. The molecular weight excluding hydrogens is 614 g/mol. The molecule has 1 spiro atoms. The van der Waals surface area contributed by atoms with Crippen LogP contribution in [0, 0.1) is 29.6 Å². The van der Waals surface area contributed by atoms with Gasteiger partial charge in [-0.2, -0.15) is 0 Å². The lowest BCUT2D eigenvalue weighted by Gasteiger charge is -2.46. The molecule has 0 aliphatic carbocycles. The van der Waals surface area contributed by atoms with Gasteiger partial charge in [0.05, 0.1) is 49.1 Å². The Hall–Kier alpha value is -1.26. The summed E-state index contributed by atoms with van der Waals surface area (Å²) in [6.07, 6.45) is -8.64. The highest BCUT2D eigenvalue weighted by molar-refractivity contribution is 5.92. The second-order valence-electron chi connectivity index (χ2n) is 15.1. The maximum atomic E-state index is 13.8. The van der Waals surface area contributed by atoms with Gasteiger partial charge < -0.3 is 53.7 Å². The minimum atomic E-state index is -1.11. The predicted molar refractivity (Wildman–Crippen MR) is 169 cm³/mol. The maximum absolute atomic E-state index is 13.8. The van der Waals surface area contributed by atoms with Crippen LogP contribution in [0.3, 0.4) is 0 Å². The molecule has 272 valence electrons. The van der Waals surface area contributed by atoms with E-state index in [4.69, 9.17) is 28.4 Å². The average molecular weight is 674 g/mol. The number of ether oxygens (including phenoxy) is 6. The average Bonchev–Trinajstić information content (AvgIpc) is 3.79. The number of esters is 1. The van der Waals surface area contributed by atoms with E-state index in [0.717, 1.165) is 0 Å². The quantitative estimate of drug-likeness (QED) is 0.243. The number of hydrogen-bond acceptors (Lipinski definition) is 13. The molecule has 13 heteroatoms. The minimum absolute atomic E-state index is 0.0208. The number of aliphatic hydroxyl groups is 4. The number of epoxide rings is 1. The first kappa shape index (κ1) is 38.5. The normalized spacial score (nSPS) is 50.7. The molecule has 4 fully saturated rings. The van der Waals surface area contributed by atoms with Crippen molar-refractivity contribution in [3.63, 3.8) is 0 Å². The van der Waals surface area contributed by atoms with Crippen LogP contribution in [0.1, 0.15) is 74.7 Å². The topological polar surface area (TPSA) is 177 Å². The van der Waals surface area contributed by atoms with Crippen molar-refractivity contribution in [3.05, 3.63) is 0 Å². The monoisotopic (exact) mass is 673 g/mol.